The number of aromatic amines is 1. The maximum absolute atomic E-state index is 13.6. The number of nitrogens with zero attached hydrogens (tertiary/aromatic N) is 2. The van der Waals surface area contributed by atoms with E-state index in [9.17, 15) is 17.6 Å². The van der Waals surface area contributed by atoms with E-state index in [4.69, 9.17) is 0 Å². The predicted molar refractivity (Wildman–Crippen MR) is 106 cm³/mol. The van der Waals surface area contributed by atoms with Gasteiger partial charge in [0.1, 0.15) is 16.4 Å². The van der Waals surface area contributed by atoms with Crippen LogP contribution in [0, 0.1) is 5.82 Å². The minimum absolute atomic E-state index is 0.110. The number of carbonyl (C=O) groups is 1. The summed E-state index contributed by atoms with van der Waals surface area (Å²) in [5.41, 5.74) is 2.07. The van der Waals surface area contributed by atoms with Gasteiger partial charge in [-0.1, -0.05) is 6.07 Å². The van der Waals surface area contributed by atoms with Gasteiger partial charge in [0.2, 0.25) is 10.0 Å². The monoisotopic (exact) mass is 423 g/mol. The van der Waals surface area contributed by atoms with Crippen LogP contribution in [0.15, 0.2) is 35.4 Å². The molecule has 0 spiro atoms. The predicted octanol–water partition coefficient (Wildman–Crippen LogP) is 2.65. The van der Waals surface area contributed by atoms with Gasteiger partial charge in [-0.15, -0.1) is 0 Å². The van der Waals surface area contributed by atoms with Gasteiger partial charge >= 0.3 is 0 Å². The van der Waals surface area contributed by atoms with Gasteiger partial charge in [-0.25, -0.2) is 12.8 Å². The van der Waals surface area contributed by atoms with E-state index in [0.29, 0.717) is 26.1 Å². The summed E-state index contributed by atoms with van der Waals surface area (Å²) in [4.78, 5) is 17.6. The maximum Gasteiger partial charge on any atom is 0.270 e. The smallest absolute Gasteiger partial charge is 0.270 e. The van der Waals surface area contributed by atoms with Crippen molar-refractivity contribution in [2.45, 2.75) is 24.3 Å². The van der Waals surface area contributed by atoms with Gasteiger partial charge < -0.3 is 9.88 Å². The van der Waals surface area contributed by atoms with Crippen LogP contribution in [0.4, 0.5) is 4.39 Å². The van der Waals surface area contributed by atoms with Crippen LogP contribution in [0.3, 0.4) is 0 Å². The molecule has 1 aromatic carbocycles. The molecule has 6 nitrogen and oxygen atoms in total. The Labute approximate surface area is 168 Å². The number of carbonyl (C=O) groups excluding carboxylic acids is 1. The Balaban J connectivity index is 1.56. The normalized spacial score (nSPS) is 20.8. The number of nitrogens with one attached hydrogen (secondary N) is 1. The van der Waals surface area contributed by atoms with Crippen molar-refractivity contribution in [2.24, 2.45) is 0 Å². The van der Waals surface area contributed by atoms with E-state index in [1.54, 1.807) is 22.7 Å². The number of hydrogen-bond donors (Lipinski definition) is 1. The minimum Gasteiger partial charge on any atom is -0.356 e. The molecule has 2 aliphatic rings. The summed E-state index contributed by atoms with van der Waals surface area (Å²) < 4.78 is 40.7. The van der Waals surface area contributed by atoms with Gasteiger partial charge in [0.05, 0.1) is 6.04 Å². The van der Waals surface area contributed by atoms with Crippen LogP contribution < -0.4 is 0 Å². The molecule has 28 heavy (non-hydrogen) atoms. The Hall–Kier alpha value is -1.84. The molecule has 0 aliphatic carbocycles. The average Bonchev–Trinajstić information content (AvgIpc) is 3.20. The summed E-state index contributed by atoms with van der Waals surface area (Å²) in [6.45, 7) is 3.32. The molecule has 0 saturated carbocycles. The highest BCUT2D eigenvalue weighted by atomic mass is 32.2. The molecule has 1 fully saturated rings. The van der Waals surface area contributed by atoms with Crippen molar-refractivity contribution >= 4 is 27.7 Å². The van der Waals surface area contributed by atoms with Crippen molar-refractivity contribution in [3.8, 4) is 0 Å². The van der Waals surface area contributed by atoms with Gasteiger partial charge in [-0.3, -0.25) is 4.79 Å². The van der Waals surface area contributed by atoms with Crippen LogP contribution in [0.1, 0.15) is 34.6 Å². The molecule has 1 amide bonds. The number of hydrogen-bond acceptors (Lipinski definition) is 4. The fourth-order valence-corrected chi connectivity index (χ4v) is 6.37. The van der Waals surface area contributed by atoms with Crippen LogP contribution in [0.2, 0.25) is 0 Å². The summed E-state index contributed by atoms with van der Waals surface area (Å²) in [6, 6.07) is 5.80. The second-order valence-corrected chi connectivity index (χ2v) is 10.2. The van der Waals surface area contributed by atoms with Gasteiger partial charge in [0, 0.05) is 37.3 Å². The largest absolute Gasteiger partial charge is 0.356 e. The number of H-pyrrole nitrogens is 1. The second kappa shape index (κ2) is 7.53. The van der Waals surface area contributed by atoms with Crippen LogP contribution in [0.25, 0.3) is 0 Å². The second-order valence-electron chi connectivity index (χ2n) is 7.03. The SMILES string of the molecule is CC1c2cc(F)ccc2CCN1C(=O)c1cc(S(=O)(=O)N2CCSCC2)c[nH]1. The first kappa shape index (κ1) is 19.5. The average molecular weight is 424 g/mol. The molecule has 1 unspecified atom stereocenters. The Bertz CT molecular complexity index is 1000. The quantitative estimate of drug-likeness (QED) is 0.824. The van der Waals surface area contributed by atoms with Crippen molar-refractivity contribution in [1.29, 1.82) is 0 Å². The number of rotatable bonds is 3. The van der Waals surface area contributed by atoms with Gasteiger partial charge in [-0.2, -0.15) is 16.1 Å². The number of fused-ring (bicyclic) bond motifs is 1. The minimum atomic E-state index is -3.60. The zero-order valence-corrected chi connectivity index (χ0v) is 17.2. The van der Waals surface area contributed by atoms with Crippen molar-refractivity contribution in [2.75, 3.05) is 31.1 Å². The molecule has 0 radical (unpaired) electrons. The van der Waals surface area contributed by atoms with Crippen molar-refractivity contribution in [1.82, 2.24) is 14.2 Å². The van der Waals surface area contributed by atoms with Crippen LogP contribution in [-0.2, 0) is 16.4 Å². The first-order valence-corrected chi connectivity index (χ1v) is 11.8. The number of benzene rings is 1. The standard InChI is InChI=1S/C19H22FN3O3S2/c1-13-17-10-15(20)3-2-14(17)4-5-23(13)19(24)18-11-16(12-21-18)28(25,26)22-6-8-27-9-7-22/h2-3,10-13,21H,4-9H2,1H3. The summed E-state index contributed by atoms with van der Waals surface area (Å²) in [6.07, 6.45) is 2.02. The summed E-state index contributed by atoms with van der Waals surface area (Å²) >= 11 is 1.73. The zero-order valence-electron chi connectivity index (χ0n) is 15.5. The Morgan fingerprint density at radius 3 is 2.71 bits per heavy atom. The molecular weight excluding hydrogens is 401 g/mol. The Kier molecular flexibility index (Phi) is 5.24. The lowest BCUT2D eigenvalue weighted by molar-refractivity contribution is 0.0672. The molecule has 1 N–H and O–H groups in total. The maximum atomic E-state index is 13.6. The fraction of sp³-hybridized carbons (Fsp3) is 0.421. The number of sulfonamides is 1. The molecule has 9 heteroatoms. The molecule has 3 heterocycles. The Morgan fingerprint density at radius 1 is 1.21 bits per heavy atom. The molecule has 2 aromatic rings. The van der Waals surface area contributed by atoms with E-state index in [0.717, 1.165) is 22.6 Å². The molecule has 4 rings (SSSR count). The molecule has 150 valence electrons. The van der Waals surface area contributed by atoms with Gasteiger partial charge in [0.25, 0.3) is 5.91 Å². The summed E-state index contributed by atoms with van der Waals surface area (Å²) in [5, 5.41) is 0. The third-order valence-corrected chi connectivity index (χ3v) is 8.22. The summed E-state index contributed by atoms with van der Waals surface area (Å²) in [5.74, 6) is 0.943. The van der Waals surface area contributed by atoms with E-state index in [1.807, 2.05) is 6.92 Å². The van der Waals surface area contributed by atoms with E-state index in [-0.39, 0.29) is 28.4 Å². The molecule has 1 atom stereocenters. The van der Waals surface area contributed by atoms with Crippen LogP contribution in [-0.4, -0.2) is 59.7 Å². The lowest BCUT2D eigenvalue weighted by Crippen LogP contribution is -2.39. The third kappa shape index (κ3) is 3.46. The van der Waals surface area contributed by atoms with Crippen LogP contribution >= 0.6 is 11.8 Å². The first-order valence-electron chi connectivity index (χ1n) is 9.23. The van der Waals surface area contributed by atoms with E-state index < -0.39 is 10.0 Å². The lowest BCUT2D eigenvalue weighted by Gasteiger charge is -2.35. The van der Waals surface area contributed by atoms with Gasteiger partial charge in [-0.05, 0) is 42.7 Å². The van der Waals surface area contributed by atoms with Crippen molar-refractivity contribution in [3.05, 3.63) is 53.1 Å². The molecular formula is C19H22FN3O3S2. The first-order chi connectivity index (χ1) is 13.4. The highest BCUT2D eigenvalue weighted by Crippen LogP contribution is 2.31. The van der Waals surface area contributed by atoms with Crippen LogP contribution in [0.5, 0.6) is 0 Å². The number of aromatic nitrogens is 1. The van der Waals surface area contributed by atoms with E-state index >= 15 is 0 Å². The summed E-state index contributed by atoms with van der Waals surface area (Å²) in [7, 11) is -3.60. The molecule has 1 aromatic heterocycles. The highest BCUT2D eigenvalue weighted by Gasteiger charge is 2.32. The third-order valence-electron chi connectivity index (χ3n) is 5.40. The number of halogens is 1. The van der Waals surface area contributed by atoms with Crippen molar-refractivity contribution in [3.63, 3.8) is 0 Å². The van der Waals surface area contributed by atoms with E-state index in [1.165, 1.54) is 28.7 Å². The number of thioether (sulfide) groups is 1. The number of amides is 1. The molecule has 0 bridgehead atoms. The topological polar surface area (TPSA) is 73.5 Å². The van der Waals surface area contributed by atoms with Gasteiger partial charge in [0.15, 0.2) is 0 Å². The molecule has 2 aliphatic heterocycles. The lowest BCUT2D eigenvalue weighted by atomic mass is 9.93. The fourth-order valence-electron chi connectivity index (χ4n) is 3.80. The van der Waals surface area contributed by atoms with Crippen molar-refractivity contribution < 1.29 is 17.6 Å². The highest BCUT2D eigenvalue weighted by molar-refractivity contribution is 7.99. The zero-order chi connectivity index (χ0) is 19.9. The Morgan fingerprint density at radius 2 is 1.96 bits per heavy atom. The molecule has 1 saturated heterocycles. The van der Waals surface area contributed by atoms with E-state index in [2.05, 4.69) is 4.98 Å².